The molecule has 4 nitrogen and oxygen atoms in total. The summed E-state index contributed by atoms with van der Waals surface area (Å²) < 4.78 is 1.84. The van der Waals surface area contributed by atoms with Crippen LogP contribution in [0, 0.1) is 0 Å². The Balaban J connectivity index is 2.18. The molecule has 0 radical (unpaired) electrons. The lowest BCUT2D eigenvalue weighted by Gasteiger charge is -2.27. The van der Waals surface area contributed by atoms with E-state index in [0.717, 1.165) is 12.8 Å². The van der Waals surface area contributed by atoms with E-state index >= 15 is 0 Å². The highest BCUT2D eigenvalue weighted by Gasteiger charge is 2.21. The molecule has 0 aliphatic heterocycles. The lowest BCUT2D eigenvalue weighted by Crippen LogP contribution is -2.30. The third-order valence-corrected chi connectivity index (χ3v) is 3.83. The van der Waals surface area contributed by atoms with Crippen LogP contribution in [-0.2, 0) is 18.9 Å². The molecule has 1 heterocycles. The molecule has 0 fully saturated rings. The average Bonchev–Trinajstić information content (AvgIpc) is 2.85. The first-order valence-electron chi connectivity index (χ1n) is 7.45. The molecule has 1 unspecified atom stereocenters. The van der Waals surface area contributed by atoms with Gasteiger partial charge >= 0.3 is 0 Å². The molecule has 0 spiro atoms. The first kappa shape index (κ1) is 15.7. The van der Waals surface area contributed by atoms with Crippen LogP contribution in [0.5, 0.6) is 0 Å². The van der Waals surface area contributed by atoms with Crippen LogP contribution in [0.1, 0.15) is 49.9 Å². The summed E-state index contributed by atoms with van der Waals surface area (Å²) in [5, 5.41) is 4.21. The number of hydrogen-bond acceptors (Lipinski definition) is 3. The Labute approximate surface area is 127 Å². The molecule has 0 amide bonds. The standard InChI is InChI=1S/C17H26N4/c1-17(2,3)15-8-6-5-7-14(15)16(20-18)10-9-13-11-19-21(4)12-13/h5-8,11-12,16,20H,9-10,18H2,1-4H3. The smallest absolute Gasteiger partial charge is 0.0521 e. The molecule has 0 saturated carbocycles. The maximum atomic E-state index is 5.82. The zero-order valence-corrected chi connectivity index (χ0v) is 13.4. The lowest BCUT2D eigenvalue weighted by molar-refractivity contribution is 0.494. The highest BCUT2D eigenvalue weighted by molar-refractivity contribution is 5.35. The number of nitrogens with zero attached hydrogens (tertiary/aromatic N) is 2. The molecular formula is C17H26N4. The van der Waals surface area contributed by atoms with Crippen molar-refractivity contribution in [2.75, 3.05) is 0 Å². The molecule has 1 aromatic carbocycles. The van der Waals surface area contributed by atoms with Gasteiger partial charge < -0.3 is 0 Å². The van der Waals surface area contributed by atoms with E-state index in [-0.39, 0.29) is 11.5 Å². The van der Waals surface area contributed by atoms with Crippen molar-refractivity contribution in [3.8, 4) is 0 Å². The van der Waals surface area contributed by atoms with Crippen molar-refractivity contribution in [1.29, 1.82) is 0 Å². The number of nitrogens with one attached hydrogen (secondary N) is 1. The molecule has 2 rings (SSSR count). The fraction of sp³-hybridized carbons (Fsp3) is 0.471. The number of aryl methyl sites for hydroxylation is 2. The predicted octanol–water partition coefficient (Wildman–Crippen LogP) is 2.85. The van der Waals surface area contributed by atoms with Gasteiger partial charge in [0.15, 0.2) is 0 Å². The first-order chi connectivity index (χ1) is 9.91. The van der Waals surface area contributed by atoms with Gasteiger partial charge in [-0.05, 0) is 34.9 Å². The van der Waals surface area contributed by atoms with Crippen LogP contribution in [0.25, 0.3) is 0 Å². The Morgan fingerprint density at radius 2 is 2.00 bits per heavy atom. The van der Waals surface area contributed by atoms with Crippen molar-refractivity contribution in [3.05, 3.63) is 53.3 Å². The van der Waals surface area contributed by atoms with Crippen LogP contribution in [0.15, 0.2) is 36.7 Å². The minimum atomic E-state index is 0.111. The molecule has 3 N–H and O–H groups in total. The van der Waals surface area contributed by atoms with E-state index in [0.29, 0.717) is 0 Å². The molecule has 0 saturated heterocycles. The molecule has 2 aromatic rings. The number of nitrogens with two attached hydrogens (primary N) is 1. The van der Waals surface area contributed by atoms with Gasteiger partial charge in [-0.2, -0.15) is 5.10 Å². The zero-order chi connectivity index (χ0) is 15.5. The van der Waals surface area contributed by atoms with Crippen molar-refractivity contribution in [2.24, 2.45) is 12.9 Å². The highest BCUT2D eigenvalue weighted by atomic mass is 15.2. The quantitative estimate of drug-likeness (QED) is 0.656. The van der Waals surface area contributed by atoms with Crippen molar-refractivity contribution in [1.82, 2.24) is 15.2 Å². The average molecular weight is 286 g/mol. The SMILES string of the molecule is Cn1cc(CCC(NN)c2ccccc2C(C)(C)C)cn1. The summed E-state index contributed by atoms with van der Waals surface area (Å²) in [6, 6.07) is 8.70. The van der Waals surface area contributed by atoms with Gasteiger partial charge in [-0.25, -0.2) is 0 Å². The summed E-state index contributed by atoms with van der Waals surface area (Å²) >= 11 is 0. The van der Waals surface area contributed by atoms with Crippen LogP contribution in [0.2, 0.25) is 0 Å². The molecule has 21 heavy (non-hydrogen) atoms. The number of hydrogen-bond donors (Lipinski definition) is 2. The molecule has 1 aromatic heterocycles. The maximum absolute atomic E-state index is 5.82. The van der Waals surface area contributed by atoms with Crippen molar-refractivity contribution in [2.45, 2.75) is 45.1 Å². The summed E-state index contributed by atoms with van der Waals surface area (Å²) in [4.78, 5) is 0. The van der Waals surface area contributed by atoms with E-state index in [1.807, 2.05) is 17.9 Å². The van der Waals surface area contributed by atoms with E-state index in [1.54, 1.807) is 0 Å². The highest BCUT2D eigenvalue weighted by Crippen LogP contribution is 2.31. The Bertz CT molecular complexity index is 580. The third kappa shape index (κ3) is 3.93. The van der Waals surface area contributed by atoms with E-state index in [9.17, 15) is 0 Å². The fourth-order valence-corrected chi connectivity index (χ4v) is 2.72. The normalized spacial score (nSPS) is 13.4. The first-order valence-corrected chi connectivity index (χ1v) is 7.45. The van der Waals surface area contributed by atoms with E-state index < -0.39 is 0 Å². The molecule has 0 aliphatic carbocycles. The van der Waals surface area contributed by atoms with Crippen molar-refractivity contribution < 1.29 is 0 Å². The summed E-state index contributed by atoms with van der Waals surface area (Å²) in [5.74, 6) is 5.82. The second kappa shape index (κ2) is 6.41. The zero-order valence-electron chi connectivity index (χ0n) is 13.4. The van der Waals surface area contributed by atoms with Gasteiger partial charge in [-0.15, -0.1) is 0 Å². The van der Waals surface area contributed by atoms with Crippen LogP contribution in [-0.4, -0.2) is 9.78 Å². The Morgan fingerprint density at radius 1 is 1.29 bits per heavy atom. The van der Waals surface area contributed by atoms with Crippen LogP contribution >= 0.6 is 0 Å². The number of rotatable bonds is 5. The topological polar surface area (TPSA) is 55.9 Å². The lowest BCUT2D eigenvalue weighted by atomic mass is 9.81. The fourth-order valence-electron chi connectivity index (χ4n) is 2.72. The van der Waals surface area contributed by atoms with Crippen molar-refractivity contribution >= 4 is 0 Å². The maximum Gasteiger partial charge on any atom is 0.0521 e. The van der Waals surface area contributed by atoms with Gasteiger partial charge in [-0.1, -0.05) is 45.0 Å². The van der Waals surface area contributed by atoms with Gasteiger partial charge in [-0.3, -0.25) is 16.0 Å². The van der Waals surface area contributed by atoms with Gasteiger partial charge in [0.2, 0.25) is 0 Å². The molecule has 0 bridgehead atoms. The second-order valence-corrected chi connectivity index (χ2v) is 6.62. The molecule has 1 atom stereocenters. The molecule has 4 heteroatoms. The van der Waals surface area contributed by atoms with Gasteiger partial charge in [0.1, 0.15) is 0 Å². The van der Waals surface area contributed by atoms with E-state index in [2.05, 4.69) is 61.8 Å². The monoisotopic (exact) mass is 286 g/mol. The largest absolute Gasteiger partial charge is 0.276 e. The Kier molecular flexibility index (Phi) is 4.80. The van der Waals surface area contributed by atoms with E-state index in [4.69, 9.17) is 5.84 Å². The van der Waals surface area contributed by atoms with Crippen LogP contribution < -0.4 is 11.3 Å². The van der Waals surface area contributed by atoms with Gasteiger partial charge in [0.05, 0.1) is 6.20 Å². The summed E-state index contributed by atoms with van der Waals surface area (Å²) in [7, 11) is 1.94. The van der Waals surface area contributed by atoms with Gasteiger partial charge in [0, 0.05) is 19.3 Å². The number of aromatic nitrogens is 2. The number of benzene rings is 1. The molecule has 0 aliphatic rings. The summed E-state index contributed by atoms with van der Waals surface area (Å²) in [5.41, 5.74) is 6.97. The molecule has 114 valence electrons. The summed E-state index contributed by atoms with van der Waals surface area (Å²) in [6.45, 7) is 6.71. The second-order valence-electron chi connectivity index (χ2n) is 6.62. The number of hydrazine groups is 1. The van der Waals surface area contributed by atoms with Crippen molar-refractivity contribution in [3.63, 3.8) is 0 Å². The Morgan fingerprint density at radius 3 is 2.57 bits per heavy atom. The van der Waals surface area contributed by atoms with Crippen LogP contribution in [0.3, 0.4) is 0 Å². The van der Waals surface area contributed by atoms with Gasteiger partial charge in [0.25, 0.3) is 0 Å². The minimum absolute atomic E-state index is 0.111. The molecular weight excluding hydrogens is 260 g/mol. The van der Waals surface area contributed by atoms with Crippen LogP contribution in [0.4, 0.5) is 0 Å². The summed E-state index contributed by atoms with van der Waals surface area (Å²) in [6.07, 6.45) is 5.89. The minimum Gasteiger partial charge on any atom is -0.276 e. The Hall–Kier alpha value is -1.65. The predicted molar refractivity (Wildman–Crippen MR) is 86.7 cm³/mol. The van der Waals surface area contributed by atoms with E-state index in [1.165, 1.54) is 16.7 Å². The third-order valence-electron chi connectivity index (χ3n) is 3.83.